The zero-order chi connectivity index (χ0) is 17.5. The number of benzene rings is 1. The van der Waals surface area contributed by atoms with Gasteiger partial charge in [0.15, 0.2) is 0 Å². The highest BCUT2D eigenvalue weighted by molar-refractivity contribution is 5.22. The van der Waals surface area contributed by atoms with E-state index in [1.165, 1.54) is 76.2 Å². The lowest BCUT2D eigenvalue weighted by atomic mass is 9.69. The Bertz CT molecular complexity index is 522. The van der Waals surface area contributed by atoms with Crippen LogP contribution in [0.15, 0.2) is 36.4 Å². The highest BCUT2D eigenvalue weighted by atomic mass is 19.1. The molecule has 1 saturated carbocycles. The van der Waals surface area contributed by atoms with E-state index in [1.54, 1.807) is 12.1 Å². The van der Waals surface area contributed by atoms with Crippen LogP contribution in [0, 0.1) is 23.6 Å². The maximum absolute atomic E-state index is 13.4. The topological polar surface area (TPSA) is 0 Å². The van der Waals surface area contributed by atoms with Gasteiger partial charge in [-0.05, 0) is 79.9 Å². The highest BCUT2D eigenvalue weighted by Crippen LogP contribution is 2.44. The number of hydrogen-bond donors (Lipinski definition) is 0. The van der Waals surface area contributed by atoms with Crippen molar-refractivity contribution in [3.63, 3.8) is 0 Å². The summed E-state index contributed by atoms with van der Waals surface area (Å²) in [6.07, 6.45) is 19.5. The van der Waals surface area contributed by atoms with Crippen molar-refractivity contribution in [2.75, 3.05) is 0 Å². The average Bonchev–Trinajstić information content (AvgIpc) is 2.67. The molecule has 1 heteroatoms. The van der Waals surface area contributed by atoms with Crippen LogP contribution in [0.2, 0.25) is 0 Å². The molecular formula is C24H35F. The van der Waals surface area contributed by atoms with Crippen LogP contribution < -0.4 is 0 Å². The van der Waals surface area contributed by atoms with Gasteiger partial charge in [-0.15, -0.1) is 0 Å². The first-order valence-electron chi connectivity index (χ1n) is 10.7. The van der Waals surface area contributed by atoms with Gasteiger partial charge in [-0.2, -0.15) is 0 Å². The summed E-state index contributed by atoms with van der Waals surface area (Å²) < 4.78 is 13.4. The van der Waals surface area contributed by atoms with Gasteiger partial charge >= 0.3 is 0 Å². The van der Waals surface area contributed by atoms with Crippen LogP contribution in [0.1, 0.15) is 89.0 Å². The molecule has 138 valence electrons. The minimum Gasteiger partial charge on any atom is -0.207 e. The Balaban J connectivity index is 1.66. The van der Waals surface area contributed by atoms with Crippen molar-refractivity contribution in [2.24, 2.45) is 17.8 Å². The Labute approximate surface area is 153 Å². The molecule has 0 spiro atoms. The molecule has 0 aromatic heterocycles. The van der Waals surface area contributed by atoms with Crippen molar-refractivity contribution in [1.82, 2.24) is 0 Å². The molecule has 0 aliphatic heterocycles. The van der Waals surface area contributed by atoms with Crippen molar-refractivity contribution in [3.05, 3.63) is 47.8 Å². The van der Waals surface area contributed by atoms with Gasteiger partial charge in [-0.25, -0.2) is 4.39 Å². The predicted molar refractivity (Wildman–Crippen MR) is 105 cm³/mol. The summed E-state index contributed by atoms with van der Waals surface area (Å²) in [5.41, 5.74) is 1.38. The summed E-state index contributed by atoms with van der Waals surface area (Å²) in [5, 5.41) is 0. The van der Waals surface area contributed by atoms with E-state index in [0.29, 0.717) is 5.92 Å². The Hall–Kier alpha value is -1.11. The lowest BCUT2D eigenvalue weighted by molar-refractivity contribution is 0.210. The van der Waals surface area contributed by atoms with Crippen molar-refractivity contribution in [1.29, 1.82) is 0 Å². The highest BCUT2D eigenvalue weighted by Gasteiger charge is 2.30. The van der Waals surface area contributed by atoms with E-state index in [9.17, 15) is 4.39 Å². The largest absolute Gasteiger partial charge is 0.207 e. The van der Waals surface area contributed by atoms with E-state index >= 15 is 0 Å². The molecule has 0 bridgehead atoms. The summed E-state index contributed by atoms with van der Waals surface area (Å²) >= 11 is 0. The van der Waals surface area contributed by atoms with Crippen molar-refractivity contribution >= 4 is 0 Å². The fourth-order valence-electron chi connectivity index (χ4n) is 5.11. The molecule has 1 fully saturated rings. The van der Waals surface area contributed by atoms with E-state index in [0.717, 1.165) is 17.8 Å². The number of halogens is 1. The predicted octanol–water partition coefficient (Wildman–Crippen LogP) is 7.65. The van der Waals surface area contributed by atoms with Gasteiger partial charge in [0.05, 0.1) is 0 Å². The zero-order valence-corrected chi connectivity index (χ0v) is 15.9. The Morgan fingerprint density at radius 1 is 0.960 bits per heavy atom. The second-order valence-electron chi connectivity index (χ2n) is 8.47. The van der Waals surface area contributed by atoms with Crippen LogP contribution in [0.4, 0.5) is 4.39 Å². The number of allylic oxidation sites excluding steroid dienone is 2. The molecule has 0 N–H and O–H groups in total. The molecule has 0 amide bonds. The van der Waals surface area contributed by atoms with Crippen LogP contribution in [0.5, 0.6) is 0 Å². The summed E-state index contributed by atoms with van der Waals surface area (Å²) in [6, 6.07) is 7.44. The molecular weight excluding hydrogens is 307 g/mol. The van der Waals surface area contributed by atoms with Crippen LogP contribution in [0.3, 0.4) is 0 Å². The lowest BCUT2D eigenvalue weighted by Gasteiger charge is -2.36. The Morgan fingerprint density at radius 2 is 1.72 bits per heavy atom. The molecule has 2 aliphatic carbocycles. The first-order valence-corrected chi connectivity index (χ1v) is 10.7. The first-order chi connectivity index (χ1) is 12.3. The van der Waals surface area contributed by atoms with Crippen LogP contribution in [-0.4, -0.2) is 0 Å². The average molecular weight is 343 g/mol. The second kappa shape index (κ2) is 9.55. The number of rotatable bonds is 7. The standard InChI is InChI=1S/C24H35F/c1-2-3-7-19-10-12-21(13-11-19)24(18-20-8-5-4-6-9-20)22-14-16-23(25)17-15-22/h4-5,14-17,19-21,24H,2-3,6-13,18H2,1H3. The third-order valence-corrected chi connectivity index (χ3v) is 6.69. The molecule has 3 rings (SSSR count). The molecule has 0 nitrogen and oxygen atoms in total. The van der Waals surface area contributed by atoms with E-state index in [4.69, 9.17) is 0 Å². The molecule has 2 aliphatic rings. The fraction of sp³-hybridized carbons (Fsp3) is 0.667. The molecule has 2 atom stereocenters. The van der Waals surface area contributed by atoms with Crippen LogP contribution >= 0.6 is 0 Å². The monoisotopic (exact) mass is 342 g/mol. The Morgan fingerprint density at radius 3 is 2.36 bits per heavy atom. The van der Waals surface area contributed by atoms with Crippen molar-refractivity contribution in [2.45, 2.75) is 83.5 Å². The molecule has 25 heavy (non-hydrogen) atoms. The maximum Gasteiger partial charge on any atom is 0.123 e. The second-order valence-corrected chi connectivity index (χ2v) is 8.47. The summed E-state index contributed by atoms with van der Waals surface area (Å²) in [7, 11) is 0. The normalized spacial score (nSPS) is 28.0. The third-order valence-electron chi connectivity index (χ3n) is 6.69. The molecule has 0 radical (unpaired) electrons. The number of unbranched alkanes of at least 4 members (excludes halogenated alkanes) is 1. The Kier molecular flexibility index (Phi) is 7.13. The van der Waals surface area contributed by atoms with Gasteiger partial charge < -0.3 is 0 Å². The molecule has 1 aromatic rings. The summed E-state index contributed by atoms with van der Waals surface area (Å²) in [5.74, 6) is 3.10. The fourth-order valence-corrected chi connectivity index (χ4v) is 5.11. The van der Waals surface area contributed by atoms with E-state index < -0.39 is 0 Å². The van der Waals surface area contributed by atoms with E-state index in [1.807, 2.05) is 0 Å². The quantitative estimate of drug-likeness (QED) is 0.446. The number of hydrogen-bond acceptors (Lipinski definition) is 0. The smallest absolute Gasteiger partial charge is 0.123 e. The summed E-state index contributed by atoms with van der Waals surface area (Å²) in [4.78, 5) is 0. The van der Waals surface area contributed by atoms with Gasteiger partial charge in [0, 0.05) is 0 Å². The summed E-state index contributed by atoms with van der Waals surface area (Å²) in [6.45, 7) is 2.30. The van der Waals surface area contributed by atoms with Gasteiger partial charge in [0.1, 0.15) is 5.82 Å². The molecule has 0 heterocycles. The van der Waals surface area contributed by atoms with Crippen LogP contribution in [-0.2, 0) is 0 Å². The van der Waals surface area contributed by atoms with E-state index in [2.05, 4.69) is 31.2 Å². The third kappa shape index (κ3) is 5.43. The van der Waals surface area contributed by atoms with Crippen molar-refractivity contribution < 1.29 is 4.39 Å². The van der Waals surface area contributed by atoms with Gasteiger partial charge in [-0.1, -0.05) is 63.3 Å². The SMILES string of the molecule is CCCCC1CCC(C(CC2CC=CCC2)c2ccc(F)cc2)CC1. The lowest BCUT2D eigenvalue weighted by Crippen LogP contribution is -2.23. The van der Waals surface area contributed by atoms with Gasteiger partial charge in [-0.3, -0.25) is 0 Å². The maximum atomic E-state index is 13.4. The molecule has 2 unspecified atom stereocenters. The molecule has 0 saturated heterocycles. The van der Waals surface area contributed by atoms with Gasteiger partial charge in [0.2, 0.25) is 0 Å². The zero-order valence-electron chi connectivity index (χ0n) is 15.9. The van der Waals surface area contributed by atoms with Crippen LogP contribution in [0.25, 0.3) is 0 Å². The van der Waals surface area contributed by atoms with Gasteiger partial charge in [0.25, 0.3) is 0 Å². The first kappa shape index (κ1) is 18.7. The van der Waals surface area contributed by atoms with E-state index in [-0.39, 0.29) is 5.82 Å². The minimum absolute atomic E-state index is 0.105. The van der Waals surface area contributed by atoms with Crippen molar-refractivity contribution in [3.8, 4) is 0 Å². The minimum atomic E-state index is -0.105. The molecule has 1 aromatic carbocycles.